The first-order chi connectivity index (χ1) is 9.46. The van der Waals surface area contributed by atoms with Crippen LogP contribution in [-0.4, -0.2) is 15.3 Å². The number of aromatic nitrogens is 2. The van der Waals surface area contributed by atoms with Crippen molar-refractivity contribution in [1.29, 1.82) is 0 Å². The van der Waals surface area contributed by atoms with Crippen molar-refractivity contribution < 1.29 is 4.74 Å². The number of thiophene rings is 1. The first-order valence-corrected chi connectivity index (χ1v) is 7.76. The minimum atomic E-state index is 0.148. The van der Waals surface area contributed by atoms with Gasteiger partial charge in [0.25, 0.3) is 0 Å². The topological polar surface area (TPSA) is 39.1 Å². The van der Waals surface area contributed by atoms with E-state index in [-0.39, 0.29) is 5.54 Å². The molecule has 110 valence electrons. The summed E-state index contributed by atoms with van der Waals surface area (Å²) in [7, 11) is 0. The van der Waals surface area contributed by atoms with Crippen LogP contribution in [0.5, 0.6) is 5.75 Å². The largest absolute Gasteiger partial charge is 0.485 e. The molecule has 4 nitrogen and oxygen atoms in total. The summed E-state index contributed by atoms with van der Waals surface area (Å²) in [6.07, 6.45) is 3.69. The van der Waals surface area contributed by atoms with Crippen molar-refractivity contribution in [1.82, 2.24) is 15.1 Å². The summed E-state index contributed by atoms with van der Waals surface area (Å²) in [6.45, 7) is 11.0. The molecule has 2 aromatic heterocycles. The Labute approximate surface area is 124 Å². The van der Waals surface area contributed by atoms with Gasteiger partial charge in [-0.25, -0.2) is 0 Å². The summed E-state index contributed by atoms with van der Waals surface area (Å²) in [5.74, 6) is 0.828. The maximum absolute atomic E-state index is 5.74. The van der Waals surface area contributed by atoms with Gasteiger partial charge in [-0.3, -0.25) is 4.68 Å². The molecular formula is C15H23N3OS. The molecule has 0 unspecified atom stereocenters. The fraction of sp³-hybridized carbons (Fsp3) is 0.533. The second-order valence-electron chi connectivity index (χ2n) is 5.79. The molecule has 0 aliphatic carbocycles. The molecular weight excluding hydrogens is 270 g/mol. The fourth-order valence-corrected chi connectivity index (χ4v) is 2.56. The summed E-state index contributed by atoms with van der Waals surface area (Å²) in [5, 5.41) is 7.69. The van der Waals surface area contributed by atoms with Crippen LogP contribution in [-0.2, 0) is 19.7 Å². The zero-order chi connectivity index (χ0) is 14.6. The van der Waals surface area contributed by atoms with E-state index in [1.54, 1.807) is 17.5 Å². The molecule has 20 heavy (non-hydrogen) atoms. The maximum atomic E-state index is 5.74. The van der Waals surface area contributed by atoms with Crippen molar-refractivity contribution in [3.05, 3.63) is 34.3 Å². The van der Waals surface area contributed by atoms with E-state index in [9.17, 15) is 0 Å². The monoisotopic (exact) mass is 293 g/mol. The van der Waals surface area contributed by atoms with Gasteiger partial charge in [0.05, 0.1) is 12.4 Å². The van der Waals surface area contributed by atoms with Crippen LogP contribution in [0.1, 0.15) is 37.4 Å². The van der Waals surface area contributed by atoms with Crippen molar-refractivity contribution in [2.75, 3.05) is 0 Å². The summed E-state index contributed by atoms with van der Waals surface area (Å²) in [6, 6.07) is 4.30. The molecule has 1 N–H and O–H groups in total. The maximum Gasteiger partial charge on any atom is 0.157 e. The van der Waals surface area contributed by atoms with Gasteiger partial charge in [-0.2, -0.15) is 5.10 Å². The molecule has 0 atom stereocenters. The third-order valence-electron chi connectivity index (χ3n) is 2.82. The van der Waals surface area contributed by atoms with Gasteiger partial charge in [0, 0.05) is 28.4 Å². The summed E-state index contributed by atoms with van der Waals surface area (Å²) in [5.41, 5.74) is 0.148. The lowest BCUT2D eigenvalue weighted by Gasteiger charge is -2.19. The Morgan fingerprint density at radius 1 is 1.30 bits per heavy atom. The predicted octanol–water partition coefficient (Wildman–Crippen LogP) is 3.43. The number of nitrogens with one attached hydrogen (secondary N) is 1. The number of aryl methyl sites for hydroxylation is 1. The third kappa shape index (κ3) is 4.65. The van der Waals surface area contributed by atoms with Gasteiger partial charge in [-0.05, 0) is 39.8 Å². The lowest BCUT2D eigenvalue weighted by atomic mass is 10.1. The zero-order valence-electron chi connectivity index (χ0n) is 12.6. The number of rotatable bonds is 6. The van der Waals surface area contributed by atoms with Gasteiger partial charge in [-0.15, -0.1) is 11.3 Å². The highest BCUT2D eigenvalue weighted by Crippen LogP contribution is 2.19. The molecule has 0 radical (unpaired) electrons. The van der Waals surface area contributed by atoms with Crippen LogP contribution in [0.25, 0.3) is 0 Å². The molecule has 2 heterocycles. The molecule has 0 saturated heterocycles. The second kappa shape index (κ2) is 6.41. The quantitative estimate of drug-likeness (QED) is 0.887. The van der Waals surface area contributed by atoms with E-state index in [4.69, 9.17) is 4.74 Å². The van der Waals surface area contributed by atoms with E-state index >= 15 is 0 Å². The normalized spacial score (nSPS) is 11.8. The van der Waals surface area contributed by atoms with Crippen LogP contribution in [0.15, 0.2) is 24.5 Å². The molecule has 0 fully saturated rings. The number of nitrogens with zero attached hydrogens (tertiary/aromatic N) is 2. The third-order valence-corrected chi connectivity index (χ3v) is 3.88. The Morgan fingerprint density at radius 2 is 2.05 bits per heavy atom. The smallest absolute Gasteiger partial charge is 0.157 e. The highest BCUT2D eigenvalue weighted by molar-refractivity contribution is 7.11. The Bertz CT molecular complexity index is 539. The molecule has 0 aromatic carbocycles. The second-order valence-corrected chi connectivity index (χ2v) is 7.04. The van der Waals surface area contributed by atoms with Gasteiger partial charge < -0.3 is 10.1 Å². The Balaban J connectivity index is 1.83. The fourth-order valence-electron chi connectivity index (χ4n) is 1.69. The lowest BCUT2D eigenvalue weighted by Crippen LogP contribution is -2.34. The minimum absolute atomic E-state index is 0.148. The number of ether oxygens (including phenoxy) is 1. The van der Waals surface area contributed by atoms with Crippen molar-refractivity contribution in [2.45, 2.75) is 52.9 Å². The summed E-state index contributed by atoms with van der Waals surface area (Å²) in [4.78, 5) is 2.57. The molecule has 0 saturated carbocycles. The molecule has 5 heteroatoms. The standard InChI is InChI=1S/C15H23N3OS/c1-5-18-10-12(8-17-18)19-11-14-7-6-13(20-14)9-16-15(2,3)4/h6-8,10,16H,5,9,11H2,1-4H3. The van der Waals surface area contributed by atoms with Crippen LogP contribution in [0.4, 0.5) is 0 Å². The van der Waals surface area contributed by atoms with E-state index in [1.165, 1.54) is 9.75 Å². The van der Waals surface area contributed by atoms with Crippen molar-refractivity contribution in [3.63, 3.8) is 0 Å². The molecule has 0 spiro atoms. The van der Waals surface area contributed by atoms with E-state index in [0.717, 1.165) is 18.8 Å². The highest BCUT2D eigenvalue weighted by Gasteiger charge is 2.09. The Hall–Kier alpha value is -1.33. The minimum Gasteiger partial charge on any atom is -0.485 e. The molecule has 2 aromatic rings. The van der Waals surface area contributed by atoms with Crippen molar-refractivity contribution >= 4 is 11.3 Å². The molecule has 0 aliphatic heterocycles. The molecule has 2 rings (SSSR count). The Morgan fingerprint density at radius 3 is 2.70 bits per heavy atom. The number of hydrogen-bond donors (Lipinski definition) is 1. The van der Waals surface area contributed by atoms with Gasteiger partial charge in [0.1, 0.15) is 6.61 Å². The first-order valence-electron chi connectivity index (χ1n) is 6.94. The summed E-state index contributed by atoms with van der Waals surface area (Å²) >= 11 is 1.79. The molecule has 0 amide bonds. The van der Waals surface area contributed by atoms with E-state index in [1.807, 2.05) is 10.9 Å². The first kappa shape index (κ1) is 15.1. The Kier molecular flexibility index (Phi) is 4.83. The van der Waals surface area contributed by atoms with Crippen LogP contribution in [0.2, 0.25) is 0 Å². The van der Waals surface area contributed by atoms with Gasteiger partial charge in [-0.1, -0.05) is 0 Å². The van der Waals surface area contributed by atoms with E-state index in [2.05, 4.69) is 50.2 Å². The van der Waals surface area contributed by atoms with Crippen LogP contribution < -0.4 is 10.1 Å². The molecule has 0 bridgehead atoms. The SMILES string of the molecule is CCn1cc(OCc2ccc(CNC(C)(C)C)s2)cn1. The van der Waals surface area contributed by atoms with Crippen molar-refractivity contribution in [2.24, 2.45) is 0 Å². The van der Waals surface area contributed by atoms with E-state index < -0.39 is 0 Å². The van der Waals surface area contributed by atoms with Crippen molar-refractivity contribution in [3.8, 4) is 5.75 Å². The van der Waals surface area contributed by atoms with Gasteiger partial charge in [0.15, 0.2) is 5.75 Å². The van der Waals surface area contributed by atoms with Gasteiger partial charge in [0.2, 0.25) is 0 Å². The molecule has 0 aliphatic rings. The van der Waals surface area contributed by atoms with Crippen LogP contribution in [0.3, 0.4) is 0 Å². The van der Waals surface area contributed by atoms with Crippen LogP contribution >= 0.6 is 11.3 Å². The predicted molar refractivity (Wildman–Crippen MR) is 83.1 cm³/mol. The highest BCUT2D eigenvalue weighted by atomic mass is 32.1. The lowest BCUT2D eigenvalue weighted by molar-refractivity contribution is 0.309. The van der Waals surface area contributed by atoms with Crippen LogP contribution in [0, 0.1) is 0 Å². The van der Waals surface area contributed by atoms with E-state index in [0.29, 0.717) is 6.61 Å². The summed E-state index contributed by atoms with van der Waals surface area (Å²) < 4.78 is 7.60. The average Bonchev–Trinajstić information content (AvgIpc) is 3.02. The van der Waals surface area contributed by atoms with Gasteiger partial charge >= 0.3 is 0 Å². The zero-order valence-corrected chi connectivity index (χ0v) is 13.5. The number of hydrogen-bond acceptors (Lipinski definition) is 4. The average molecular weight is 293 g/mol.